The standard InChI is InChI=1S/C14H18F3N3O2/c1-13(2)9-19(5-6-20(13)8-12(21)22)11-4-3-10(7-18-11)14(15,16)17/h3-4,7H,5-6,8-9H2,1-2H3,(H,21,22). The average Bonchev–Trinajstić information content (AvgIpc) is 2.39. The Kier molecular flexibility index (Phi) is 4.32. The molecule has 0 bridgehead atoms. The van der Waals surface area contributed by atoms with Gasteiger partial charge in [-0.15, -0.1) is 0 Å². The highest BCUT2D eigenvalue weighted by atomic mass is 19.4. The van der Waals surface area contributed by atoms with Crippen LogP contribution < -0.4 is 4.90 Å². The van der Waals surface area contributed by atoms with Gasteiger partial charge >= 0.3 is 12.1 Å². The average molecular weight is 317 g/mol. The van der Waals surface area contributed by atoms with Crippen LogP contribution in [-0.2, 0) is 11.0 Å². The van der Waals surface area contributed by atoms with E-state index in [-0.39, 0.29) is 6.54 Å². The number of rotatable bonds is 3. The predicted octanol–water partition coefficient (Wildman–Crippen LogP) is 2.09. The lowest BCUT2D eigenvalue weighted by Gasteiger charge is -2.46. The van der Waals surface area contributed by atoms with Crippen molar-refractivity contribution >= 4 is 11.8 Å². The Hall–Kier alpha value is -1.83. The summed E-state index contributed by atoms with van der Waals surface area (Å²) in [4.78, 5) is 18.5. The largest absolute Gasteiger partial charge is 0.480 e. The molecule has 2 rings (SSSR count). The Balaban J connectivity index is 2.10. The zero-order valence-corrected chi connectivity index (χ0v) is 12.4. The van der Waals surface area contributed by atoms with E-state index in [1.54, 1.807) is 0 Å². The van der Waals surface area contributed by atoms with Crippen molar-refractivity contribution in [1.82, 2.24) is 9.88 Å². The number of aliphatic carboxylic acids is 1. The summed E-state index contributed by atoms with van der Waals surface area (Å²) in [5, 5.41) is 8.91. The number of alkyl halides is 3. The maximum absolute atomic E-state index is 12.5. The summed E-state index contributed by atoms with van der Waals surface area (Å²) in [5.41, 5.74) is -1.18. The fourth-order valence-electron chi connectivity index (χ4n) is 2.58. The van der Waals surface area contributed by atoms with Crippen molar-refractivity contribution in [2.45, 2.75) is 25.6 Å². The van der Waals surface area contributed by atoms with Gasteiger partial charge in [-0.2, -0.15) is 13.2 Å². The molecule has 0 atom stereocenters. The minimum Gasteiger partial charge on any atom is -0.480 e. The van der Waals surface area contributed by atoms with E-state index in [1.165, 1.54) is 6.07 Å². The predicted molar refractivity (Wildman–Crippen MR) is 74.7 cm³/mol. The molecule has 1 aliphatic heterocycles. The molecule has 0 aromatic carbocycles. The molecule has 1 N–H and O–H groups in total. The number of anilines is 1. The van der Waals surface area contributed by atoms with Crippen LogP contribution in [-0.4, -0.2) is 52.7 Å². The van der Waals surface area contributed by atoms with E-state index in [0.717, 1.165) is 12.3 Å². The number of halogens is 3. The van der Waals surface area contributed by atoms with Crippen LogP contribution in [0.4, 0.5) is 19.0 Å². The van der Waals surface area contributed by atoms with Crippen LogP contribution in [0.25, 0.3) is 0 Å². The summed E-state index contributed by atoms with van der Waals surface area (Å²) >= 11 is 0. The zero-order chi connectivity index (χ0) is 16.5. The number of carboxylic acids is 1. The molecule has 5 nitrogen and oxygen atoms in total. The van der Waals surface area contributed by atoms with E-state index < -0.39 is 23.2 Å². The molecular weight excluding hydrogens is 299 g/mol. The van der Waals surface area contributed by atoms with Crippen molar-refractivity contribution in [3.8, 4) is 0 Å². The molecule has 0 saturated carbocycles. The SMILES string of the molecule is CC1(C)CN(c2ccc(C(F)(F)F)cn2)CCN1CC(=O)O. The highest BCUT2D eigenvalue weighted by Gasteiger charge is 2.36. The van der Waals surface area contributed by atoms with Gasteiger partial charge in [0.05, 0.1) is 12.1 Å². The topological polar surface area (TPSA) is 56.7 Å². The Labute approximate surface area is 126 Å². The van der Waals surface area contributed by atoms with Crippen LogP contribution in [0.5, 0.6) is 0 Å². The molecule has 22 heavy (non-hydrogen) atoms. The Bertz CT molecular complexity index is 543. The second-order valence-corrected chi connectivity index (χ2v) is 5.95. The molecule has 1 aliphatic rings. The van der Waals surface area contributed by atoms with E-state index in [2.05, 4.69) is 4.98 Å². The number of carboxylic acid groups (broad SMARTS) is 1. The van der Waals surface area contributed by atoms with Gasteiger partial charge in [-0.25, -0.2) is 4.98 Å². The van der Waals surface area contributed by atoms with Crippen molar-refractivity contribution in [2.24, 2.45) is 0 Å². The van der Waals surface area contributed by atoms with Gasteiger partial charge in [-0.05, 0) is 26.0 Å². The molecule has 122 valence electrons. The number of hydrogen-bond acceptors (Lipinski definition) is 4. The lowest BCUT2D eigenvalue weighted by molar-refractivity contribution is -0.140. The quantitative estimate of drug-likeness (QED) is 0.925. The fourth-order valence-corrected chi connectivity index (χ4v) is 2.58. The van der Waals surface area contributed by atoms with Gasteiger partial charge in [-0.1, -0.05) is 0 Å². The van der Waals surface area contributed by atoms with Crippen LogP contribution >= 0.6 is 0 Å². The van der Waals surface area contributed by atoms with E-state index >= 15 is 0 Å². The van der Waals surface area contributed by atoms with Crippen molar-refractivity contribution < 1.29 is 23.1 Å². The summed E-state index contributed by atoms with van der Waals surface area (Å²) in [6.07, 6.45) is -3.57. The maximum Gasteiger partial charge on any atom is 0.417 e. The van der Waals surface area contributed by atoms with Crippen LogP contribution in [0.1, 0.15) is 19.4 Å². The second-order valence-electron chi connectivity index (χ2n) is 5.95. The molecule has 1 aromatic heterocycles. The van der Waals surface area contributed by atoms with Gasteiger partial charge in [0.2, 0.25) is 0 Å². The van der Waals surface area contributed by atoms with Crippen molar-refractivity contribution in [1.29, 1.82) is 0 Å². The summed E-state index contributed by atoms with van der Waals surface area (Å²) in [6, 6.07) is 2.37. The first kappa shape index (κ1) is 16.5. The second kappa shape index (κ2) is 5.75. The van der Waals surface area contributed by atoms with Gasteiger partial charge in [0.25, 0.3) is 0 Å². The highest BCUT2D eigenvalue weighted by molar-refractivity contribution is 5.69. The molecule has 0 unspecified atom stereocenters. The first-order valence-electron chi connectivity index (χ1n) is 6.85. The van der Waals surface area contributed by atoms with Crippen molar-refractivity contribution in [2.75, 3.05) is 31.1 Å². The number of carbonyl (C=O) groups is 1. The maximum atomic E-state index is 12.5. The summed E-state index contributed by atoms with van der Waals surface area (Å²) < 4.78 is 37.6. The summed E-state index contributed by atoms with van der Waals surface area (Å²) in [5.74, 6) is -0.426. The normalized spacial score (nSPS) is 19.2. The third-order valence-corrected chi connectivity index (χ3v) is 3.80. The van der Waals surface area contributed by atoms with Crippen LogP contribution in [0.2, 0.25) is 0 Å². The monoisotopic (exact) mass is 317 g/mol. The van der Waals surface area contributed by atoms with E-state index in [1.807, 2.05) is 23.6 Å². The first-order chi connectivity index (χ1) is 10.1. The molecule has 0 radical (unpaired) electrons. The Morgan fingerprint density at radius 3 is 2.50 bits per heavy atom. The van der Waals surface area contributed by atoms with E-state index in [4.69, 9.17) is 5.11 Å². The molecule has 1 saturated heterocycles. The molecule has 1 fully saturated rings. The molecule has 8 heteroatoms. The molecule has 0 spiro atoms. The number of piperazine rings is 1. The molecule has 2 heterocycles. The third kappa shape index (κ3) is 3.68. The van der Waals surface area contributed by atoms with Crippen LogP contribution in [0.3, 0.4) is 0 Å². The number of nitrogens with zero attached hydrogens (tertiary/aromatic N) is 3. The fraction of sp³-hybridized carbons (Fsp3) is 0.571. The summed E-state index contributed by atoms with van der Waals surface area (Å²) in [6.45, 7) is 5.30. The minimum absolute atomic E-state index is 0.0543. The van der Waals surface area contributed by atoms with Gasteiger partial charge in [0, 0.05) is 31.4 Å². The Morgan fingerprint density at radius 1 is 1.36 bits per heavy atom. The third-order valence-electron chi connectivity index (χ3n) is 3.80. The lowest BCUT2D eigenvalue weighted by atomic mass is 9.98. The smallest absolute Gasteiger partial charge is 0.417 e. The Morgan fingerprint density at radius 2 is 2.05 bits per heavy atom. The van der Waals surface area contributed by atoms with E-state index in [0.29, 0.717) is 25.5 Å². The highest BCUT2D eigenvalue weighted by Crippen LogP contribution is 2.30. The van der Waals surface area contributed by atoms with E-state index in [9.17, 15) is 18.0 Å². The van der Waals surface area contributed by atoms with Crippen LogP contribution in [0.15, 0.2) is 18.3 Å². The lowest BCUT2D eigenvalue weighted by Crippen LogP contribution is -2.60. The summed E-state index contributed by atoms with van der Waals surface area (Å²) in [7, 11) is 0. The van der Waals surface area contributed by atoms with Crippen molar-refractivity contribution in [3.05, 3.63) is 23.9 Å². The minimum atomic E-state index is -4.40. The molecule has 0 amide bonds. The zero-order valence-electron chi connectivity index (χ0n) is 12.4. The van der Waals surface area contributed by atoms with Gasteiger partial charge in [-0.3, -0.25) is 9.69 Å². The number of pyridine rings is 1. The van der Waals surface area contributed by atoms with Crippen LogP contribution in [0, 0.1) is 0 Å². The van der Waals surface area contributed by atoms with Gasteiger partial charge < -0.3 is 10.0 Å². The van der Waals surface area contributed by atoms with Gasteiger partial charge in [0.1, 0.15) is 5.82 Å². The number of hydrogen-bond donors (Lipinski definition) is 1. The molecule has 0 aliphatic carbocycles. The molecule has 1 aromatic rings. The first-order valence-corrected chi connectivity index (χ1v) is 6.85. The van der Waals surface area contributed by atoms with Gasteiger partial charge in [0.15, 0.2) is 0 Å². The molecular formula is C14H18F3N3O2. The van der Waals surface area contributed by atoms with Crippen molar-refractivity contribution in [3.63, 3.8) is 0 Å². The number of aromatic nitrogens is 1.